The van der Waals surface area contributed by atoms with Crippen LogP contribution in [-0.4, -0.2) is 53.5 Å². The van der Waals surface area contributed by atoms with Gasteiger partial charge in [-0.15, -0.1) is 0 Å². The normalized spacial score (nSPS) is 26.9. The van der Waals surface area contributed by atoms with Crippen LogP contribution in [0.3, 0.4) is 0 Å². The van der Waals surface area contributed by atoms with E-state index in [4.69, 9.17) is 0 Å². The van der Waals surface area contributed by atoms with Crippen LogP contribution in [0.1, 0.15) is 38.5 Å². The molecule has 6 heteroatoms. The summed E-state index contributed by atoms with van der Waals surface area (Å²) in [4.78, 5) is 1.55. The third-order valence-electron chi connectivity index (χ3n) is 4.64. The molecule has 0 heterocycles. The molecule has 20 heavy (non-hydrogen) atoms. The first-order chi connectivity index (χ1) is 9.42. The van der Waals surface area contributed by atoms with Crippen LogP contribution < -0.4 is 5.32 Å². The van der Waals surface area contributed by atoms with Crippen LogP contribution in [0.5, 0.6) is 0 Å². The van der Waals surface area contributed by atoms with Crippen molar-refractivity contribution in [2.75, 3.05) is 19.7 Å². The molecule has 0 aliphatic heterocycles. The first kappa shape index (κ1) is 14.6. The van der Waals surface area contributed by atoms with Gasteiger partial charge in [-0.05, 0) is 44.4 Å². The van der Waals surface area contributed by atoms with E-state index in [0.29, 0.717) is 18.5 Å². The van der Waals surface area contributed by atoms with Crippen molar-refractivity contribution in [1.29, 1.82) is 0 Å². The molecule has 3 nitrogen and oxygen atoms in total. The fraction of sp³-hybridized carbons (Fsp3) is 1.00. The molecular formula is C14H23F3N2O. The van der Waals surface area contributed by atoms with Crippen molar-refractivity contribution in [3.05, 3.63) is 0 Å². The number of halogens is 3. The molecule has 3 aliphatic carbocycles. The largest absolute Gasteiger partial charge is 0.401 e. The first-order valence-electron chi connectivity index (χ1n) is 7.61. The number of aliphatic hydroxyl groups excluding tert-OH is 1. The van der Waals surface area contributed by atoms with Gasteiger partial charge in [0.25, 0.3) is 0 Å². The van der Waals surface area contributed by atoms with E-state index in [-0.39, 0.29) is 12.6 Å². The predicted octanol–water partition coefficient (Wildman–Crippen LogP) is 1.91. The van der Waals surface area contributed by atoms with Gasteiger partial charge in [0.2, 0.25) is 0 Å². The number of hydrogen-bond donors (Lipinski definition) is 2. The predicted molar refractivity (Wildman–Crippen MR) is 69.3 cm³/mol. The van der Waals surface area contributed by atoms with Crippen molar-refractivity contribution in [2.45, 2.75) is 62.3 Å². The van der Waals surface area contributed by atoms with Gasteiger partial charge in [-0.25, -0.2) is 0 Å². The van der Waals surface area contributed by atoms with Gasteiger partial charge in [0.15, 0.2) is 0 Å². The molecule has 3 rings (SSSR count). The van der Waals surface area contributed by atoms with Crippen molar-refractivity contribution >= 4 is 0 Å². The Bertz CT molecular complexity index is 351. The highest BCUT2D eigenvalue weighted by Gasteiger charge is 2.50. The lowest BCUT2D eigenvalue weighted by atomic mass is 9.92. The van der Waals surface area contributed by atoms with Crippen LogP contribution in [0, 0.1) is 5.92 Å². The molecule has 0 aromatic rings. The highest BCUT2D eigenvalue weighted by Crippen LogP contribution is 2.43. The Kier molecular flexibility index (Phi) is 3.75. The molecule has 3 aliphatic rings. The molecule has 0 spiro atoms. The molecule has 0 radical (unpaired) electrons. The summed E-state index contributed by atoms with van der Waals surface area (Å²) < 4.78 is 38.2. The molecule has 3 fully saturated rings. The Morgan fingerprint density at radius 2 is 1.65 bits per heavy atom. The molecule has 0 amide bonds. The monoisotopic (exact) mass is 292 g/mol. The second kappa shape index (κ2) is 5.14. The van der Waals surface area contributed by atoms with E-state index in [1.807, 2.05) is 0 Å². The van der Waals surface area contributed by atoms with E-state index in [2.05, 4.69) is 5.32 Å². The molecule has 0 saturated heterocycles. The van der Waals surface area contributed by atoms with Gasteiger partial charge in [-0.1, -0.05) is 0 Å². The topological polar surface area (TPSA) is 35.5 Å². The number of rotatable bonds is 8. The molecule has 0 aromatic carbocycles. The van der Waals surface area contributed by atoms with E-state index in [0.717, 1.165) is 38.5 Å². The summed E-state index contributed by atoms with van der Waals surface area (Å²) in [5, 5.41) is 13.3. The van der Waals surface area contributed by atoms with Crippen molar-refractivity contribution in [3.63, 3.8) is 0 Å². The molecule has 0 aromatic heterocycles. The maximum atomic E-state index is 12.7. The lowest BCUT2D eigenvalue weighted by molar-refractivity contribution is -0.150. The second-order valence-electron chi connectivity index (χ2n) is 6.76. The van der Waals surface area contributed by atoms with Gasteiger partial charge in [-0.2, -0.15) is 13.2 Å². The Morgan fingerprint density at radius 1 is 1.00 bits per heavy atom. The van der Waals surface area contributed by atoms with Crippen molar-refractivity contribution < 1.29 is 18.3 Å². The smallest absolute Gasteiger partial charge is 0.394 e. The van der Waals surface area contributed by atoms with Crippen molar-refractivity contribution in [1.82, 2.24) is 10.2 Å². The maximum Gasteiger partial charge on any atom is 0.401 e. The van der Waals surface area contributed by atoms with E-state index in [1.165, 1.54) is 0 Å². The number of nitrogens with zero attached hydrogens (tertiary/aromatic N) is 1. The number of nitrogens with one attached hydrogen (secondary N) is 1. The standard InChI is InChI=1S/C14H23F3N2O/c15-14(16,17)8-19(12-5-6-12)7-13(9-20,10-1-2-10)18-11-3-4-11/h10-12,18,20H,1-9H2. The molecule has 2 N–H and O–H groups in total. The zero-order valence-corrected chi connectivity index (χ0v) is 11.6. The zero-order valence-electron chi connectivity index (χ0n) is 11.6. The van der Waals surface area contributed by atoms with E-state index >= 15 is 0 Å². The van der Waals surface area contributed by atoms with Gasteiger partial charge in [-0.3, -0.25) is 4.90 Å². The van der Waals surface area contributed by atoms with E-state index in [1.54, 1.807) is 4.90 Å². The highest BCUT2D eigenvalue weighted by atomic mass is 19.4. The van der Waals surface area contributed by atoms with Gasteiger partial charge in [0.05, 0.1) is 18.7 Å². The van der Waals surface area contributed by atoms with Crippen molar-refractivity contribution in [2.24, 2.45) is 5.92 Å². The molecule has 3 saturated carbocycles. The number of aliphatic hydroxyl groups is 1. The first-order valence-corrected chi connectivity index (χ1v) is 7.61. The summed E-state index contributed by atoms with van der Waals surface area (Å²) in [6.45, 7) is -0.581. The lowest BCUT2D eigenvalue weighted by Gasteiger charge is -2.39. The molecule has 1 unspecified atom stereocenters. The zero-order chi connectivity index (χ0) is 14.4. The number of hydrogen-bond acceptors (Lipinski definition) is 3. The minimum Gasteiger partial charge on any atom is -0.394 e. The summed E-state index contributed by atoms with van der Waals surface area (Å²) in [5.41, 5.74) is -0.519. The lowest BCUT2D eigenvalue weighted by Crippen LogP contribution is -2.60. The van der Waals surface area contributed by atoms with E-state index in [9.17, 15) is 18.3 Å². The SMILES string of the molecule is OCC(CN(CC(F)(F)F)C1CC1)(NC1CC1)C1CC1. The van der Waals surface area contributed by atoms with E-state index < -0.39 is 18.3 Å². The fourth-order valence-electron chi connectivity index (χ4n) is 3.13. The Labute approximate surface area is 117 Å². The summed E-state index contributed by atoms with van der Waals surface area (Å²) in [5.74, 6) is 0.336. The third-order valence-corrected chi connectivity index (χ3v) is 4.64. The van der Waals surface area contributed by atoms with Crippen molar-refractivity contribution in [3.8, 4) is 0 Å². The Hall–Kier alpha value is -0.330. The maximum absolute atomic E-state index is 12.7. The van der Waals surface area contributed by atoms with Crippen LogP contribution in [0.4, 0.5) is 13.2 Å². The highest BCUT2D eigenvalue weighted by molar-refractivity contribution is 5.07. The van der Waals surface area contributed by atoms with Gasteiger partial charge in [0, 0.05) is 18.6 Å². The summed E-state index contributed by atoms with van der Waals surface area (Å²) in [6.07, 6.45) is 1.74. The van der Waals surface area contributed by atoms with Crippen LogP contribution in [0.2, 0.25) is 0 Å². The minimum absolute atomic E-state index is 0.0577. The van der Waals surface area contributed by atoms with Crippen LogP contribution >= 0.6 is 0 Å². The van der Waals surface area contributed by atoms with Crippen LogP contribution in [0.15, 0.2) is 0 Å². The van der Waals surface area contributed by atoms with Gasteiger partial charge < -0.3 is 10.4 Å². The summed E-state index contributed by atoms with van der Waals surface area (Å²) in [6, 6.07) is 0.456. The molecule has 0 bridgehead atoms. The fourth-order valence-corrected chi connectivity index (χ4v) is 3.13. The average Bonchev–Trinajstić information content (AvgIpc) is 3.23. The Morgan fingerprint density at radius 3 is 2.05 bits per heavy atom. The van der Waals surface area contributed by atoms with Gasteiger partial charge in [0.1, 0.15) is 0 Å². The minimum atomic E-state index is -4.16. The number of alkyl halides is 3. The third kappa shape index (κ3) is 3.65. The summed E-state index contributed by atoms with van der Waals surface area (Å²) >= 11 is 0. The van der Waals surface area contributed by atoms with Crippen LogP contribution in [0.25, 0.3) is 0 Å². The second-order valence-corrected chi connectivity index (χ2v) is 6.76. The molecular weight excluding hydrogens is 269 g/mol. The summed E-state index contributed by atoms with van der Waals surface area (Å²) in [7, 11) is 0. The quantitative estimate of drug-likeness (QED) is 0.717. The molecule has 116 valence electrons. The van der Waals surface area contributed by atoms with Crippen LogP contribution in [-0.2, 0) is 0 Å². The molecule has 1 atom stereocenters. The Balaban J connectivity index is 1.68. The average molecular weight is 292 g/mol. The van der Waals surface area contributed by atoms with Gasteiger partial charge >= 0.3 is 6.18 Å².